The Morgan fingerprint density at radius 1 is 1.05 bits per heavy atom. The van der Waals surface area contributed by atoms with Crippen molar-refractivity contribution >= 4 is 5.69 Å². The number of nitrogens with one attached hydrogen (secondary N) is 1. The molecule has 0 heterocycles. The number of aryl methyl sites for hydroxylation is 1. The monoisotopic (exact) mass is 271 g/mol. The van der Waals surface area contributed by atoms with Crippen molar-refractivity contribution in [3.05, 3.63) is 54.1 Å². The summed E-state index contributed by atoms with van der Waals surface area (Å²) in [6.45, 7) is 2.17. The molecule has 20 heavy (non-hydrogen) atoms. The first-order chi connectivity index (χ1) is 9.67. The lowest BCUT2D eigenvalue weighted by molar-refractivity contribution is 0.415. The summed E-state index contributed by atoms with van der Waals surface area (Å²) >= 11 is 0. The summed E-state index contributed by atoms with van der Waals surface area (Å²) in [6.07, 6.45) is 2.03. The Bertz CT molecular complexity index is 520. The molecule has 0 aliphatic rings. The summed E-state index contributed by atoms with van der Waals surface area (Å²) in [5, 5.41) is 12.7. The van der Waals surface area contributed by atoms with E-state index >= 15 is 0 Å². The molecule has 0 saturated heterocycles. The fourth-order valence-electron chi connectivity index (χ4n) is 2.09. The van der Waals surface area contributed by atoms with Crippen molar-refractivity contribution in [1.29, 1.82) is 0 Å². The summed E-state index contributed by atoms with van der Waals surface area (Å²) < 4.78 is 5.14. The Morgan fingerprint density at radius 2 is 1.70 bits per heavy atom. The molecule has 0 aromatic heterocycles. The van der Waals surface area contributed by atoms with Crippen LogP contribution in [0.5, 0.6) is 11.5 Å². The first-order valence-corrected chi connectivity index (χ1v) is 6.86. The highest BCUT2D eigenvalue weighted by atomic mass is 16.5. The third-order valence-corrected chi connectivity index (χ3v) is 3.31. The average molecular weight is 271 g/mol. The van der Waals surface area contributed by atoms with Gasteiger partial charge >= 0.3 is 0 Å². The van der Waals surface area contributed by atoms with Crippen LogP contribution in [0, 0.1) is 0 Å². The molecule has 0 aliphatic heterocycles. The van der Waals surface area contributed by atoms with Gasteiger partial charge in [0.25, 0.3) is 0 Å². The van der Waals surface area contributed by atoms with E-state index in [9.17, 15) is 5.11 Å². The zero-order valence-electron chi connectivity index (χ0n) is 12.0. The van der Waals surface area contributed by atoms with Crippen LogP contribution >= 0.6 is 0 Å². The summed E-state index contributed by atoms with van der Waals surface area (Å²) in [5.41, 5.74) is 2.34. The zero-order valence-corrected chi connectivity index (χ0v) is 12.0. The highest BCUT2D eigenvalue weighted by Gasteiger charge is 2.03. The topological polar surface area (TPSA) is 41.5 Å². The molecule has 106 valence electrons. The molecule has 0 radical (unpaired) electrons. The van der Waals surface area contributed by atoms with Gasteiger partial charge in [-0.15, -0.1) is 0 Å². The molecule has 0 saturated carbocycles. The van der Waals surface area contributed by atoms with E-state index in [0.717, 1.165) is 24.3 Å². The maximum absolute atomic E-state index is 9.25. The predicted molar refractivity (Wildman–Crippen MR) is 82.5 cm³/mol. The molecule has 2 rings (SSSR count). The second-order valence-corrected chi connectivity index (χ2v) is 4.98. The second kappa shape index (κ2) is 6.85. The molecule has 0 unspecified atom stereocenters. The van der Waals surface area contributed by atoms with Crippen LogP contribution in [0.2, 0.25) is 0 Å². The minimum atomic E-state index is 0.318. The smallest absolute Gasteiger partial charge is 0.119 e. The van der Waals surface area contributed by atoms with Crippen LogP contribution in [0.4, 0.5) is 5.69 Å². The zero-order chi connectivity index (χ0) is 14.4. The van der Waals surface area contributed by atoms with Crippen LogP contribution in [-0.2, 0) is 6.42 Å². The lowest BCUT2D eigenvalue weighted by Gasteiger charge is -2.15. The standard InChI is InChI=1S/C17H21NO2/c1-13(3-4-14-5-9-16(19)10-6-14)18-15-7-11-17(20-2)12-8-15/h5-13,18-19H,3-4H2,1-2H3/t13-/m1/s1. The maximum Gasteiger partial charge on any atom is 0.119 e. The average Bonchev–Trinajstić information content (AvgIpc) is 2.47. The number of anilines is 1. The normalized spacial score (nSPS) is 11.9. The lowest BCUT2D eigenvalue weighted by Crippen LogP contribution is -2.15. The largest absolute Gasteiger partial charge is 0.508 e. The van der Waals surface area contributed by atoms with Crippen LogP contribution in [0.3, 0.4) is 0 Å². The molecule has 0 spiro atoms. The molecule has 3 nitrogen and oxygen atoms in total. The molecule has 0 fully saturated rings. The minimum absolute atomic E-state index is 0.318. The summed E-state index contributed by atoms with van der Waals surface area (Å²) in [4.78, 5) is 0. The molecule has 2 N–H and O–H groups in total. The van der Waals surface area contributed by atoms with Crippen LogP contribution < -0.4 is 10.1 Å². The van der Waals surface area contributed by atoms with Gasteiger partial charge in [-0.3, -0.25) is 0 Å². The van der Waals surface area contributed by atoms with Crippen molar-refractivity contribution < 1.29 is 9.84 Å². The Hall–Kier alpha value is -2.16. The van der Waals surface area contributed by atoms with E-state index in [4.69, 9.17) is 4.74 Å². The van der Waals surface area contributed by atoms with E-state index < -0.39 is 0 Å². The fourth-order valence-corrected chi connectivity index (χ4v) is 2.09. The van der Waals surface area contributed by atoms with E-state index in [-0.39, 0.29) is 0 Å². The molecule has 1 atom stereocenters. The number of phenolic OH excluding ortho intramolecular Hbond substituents is 1. The van der Waals surface area contributed by atoms with Gasteiger partial charge < -0.3 is 15.2 Å². The van der Waals surface area contributed by atoms with Crippen molar-refractivity contribution in [2.24, 2.45) is 0 Å². The SMILES string of the molecule is COc1ccc(N[C@H](C)CCc2ccc(O)cc2)cc1. The van der Waals surface area contributed by atoms with Gasteiger partial charge in [0, 0.05) is 11.7 Å². The Labute approximate surface area is 120 Å². The van der Waals surface area contributed by atoms with Crippen molar-refractivity contribution in [3.8, 4) is 11.5 Å². The number of aromatic hydroxyl groups is 1. The van der Waals surface area contributed by atoms with E-state index in [0.29, 0.717) is 11.8 Å². The molecular weight excluding hydrogens is 250 g/mol. The summed E-state index contributed by atoms with van der Waals surface area (Å²) in [5.74, 6) is 1.19. The maximum atomic E-state index is 9.25. The molecule has 2 aromatic rings. The quantitative estimate of drug-likeness (QED) is 0.839. The summed E-state index contributed by atoms with van der Waals surface area (Å²) in [6, 6.07) is 15.7. The number of benzene rings is 2. The molecule has 3 heteroatoms. The first-order valence-electron chi connectivity index (χ1n) is 6.86. The van der Waals surface area contributed by atoms with Crippen LogP contribution in [0.1, 0.15) is 18.9 Å². The number of methoxy groups -OCH3 is 1. The van der Waals surface area contributed by atoms with E-state index in [1.807, 2.05) is 36.4 Å². The number of hydrogen-bond acceptors (Lipinski definition) is 3. The van der Waals surface area contributed by atoms with Crippen molar-refractivity contribution in [2.75, 3.05) is 12.4 Å². The minimum Gasteiger partial charge on any atom is -0.508 e. The van der Waals surface area contributed by atoms with Crippen molar-refractivity contribution in [1.82, 2.24) is 0 Å². The Morgan fingerprint density at radius 3 is 2.30 bits per heavy atom. The lowest BCUT2D eigenvalue weighted by atomic mass is 10.1. The van der Waals surface area contributed by atoms with Gasteiger partial charge in [0.05, 0.1) is 7.11 Å². The van der Waals surface area contributed by atoms with Gasteiger partial charge in [-0.2, -0.15) is 0 Å². The van der Waals surface area contributed by atoms with Crippen LogP contribution in [0.25, 0.3) is 0 Å². The van der Waals surface area contributed by atoms with Crippen LogP contribution in [-0.4, -0.2) is 18.3 Å². The molecule has 0 amide bonds. The van der Waals surface area contributed by atoms with Crippen molar-refractivity contribution in [3.63, 3.8) is 0 Å². The van der Waals surface area contributed by atoms with Gasteiger partial charge in [-0.1, -0.05) is 12.1 Å². The van der Waals surface area contributed by atoms with Gasteiger partial charge in [0.1, 0.15) is 11.5 Å². The number of hydrogen-bond donors (Lipinski definition) is 2. The third kappa shape index (κ3) is 4.19. The first kappa shape index (κ1) is 14.3. The molecule has 0 bridgehead atoms. The van der Waals surface area contributed by atoms with Gasteiger partial charge in [0.15, 0.2) is 0 Å². The Kier molecular flexibility index (Phi) is 4.88. The highest BCUT2D eigenvalue weighted by Crippen LogP contribution is 2.17. The highest BCUT2D eigenvalue weighted by molar-refractivity contribution is 5.46. The van der Waals surface area contributed by atoms with Gasteiger partial charge in [-0.05, 0) is 61.7 Å². The van der Waals surface area contributed by atoms with E-state index in [1.54, 1.807) is 19.2 Å². The second-order valence-electron chi connectivity index (χ2n) is 4.98. The van der Waals surface area contributed by atoms with Gasteiger partial charge in [-0.25, -0.2) is 0 Å². The Balaban J connectivity index is 1.82. The number of ether oxygens (including phenoxy) is 1. The van der Waals surface area contributed by atoms with Crippen molar-refractivity contribution in [2.45, 2.75) is 25.8 Å². The molecule has 2 aromatic carbocycles. The fraction of sp³-hybridized carbons (Fsp3) is 0.294. The van der Waals surface area contributed by atoms with E-state index in [2.05, 4.69) is 12.2 Å². The number of phenols is 1. The van der Waals surface area contributed by atoms with Gasteiger partial charge in [0.2, 0.25) is 0 Å². The third-order valence-electron chi connectivity index (χ3n) is 3.31. The predicted octanol–water partition coefficient (Wildman–Crippen LogP) is 3.83. The van der Waals surface area contributed by atoms with Crippen LogP contribution in [0.15, 0.2) is 48.5 Å². The number of rotatable bonds is 6. The summed E-state index contributed by atoms with van der Waals surface area (Å²) in [7, 11) is 1.67. The van der Waals surface area contributed by atoms with E-state index in [1.165, 1.54) is 5.56 Å². The molecule has 0 aliphatic carbocycles. The molecular formula is C17H21NO2.